The molecule has 34 heavy (non-hydrogen) atoms. The van der Waals surface area contributed by atoms with Gasteiger partial charge in [-0.3, -0.25) is 9.59 Å². The number of hydrogen-bond donors (Lipinski definition) is 2. The number of nitrogen functional groups attached to an aromatic ring is 1. The highest BCUT2D eigenvalue weighted by Crippen LogP contribution is 2.54. The van der Waals surface area contributed by atoms with Crippen LogP contribution in [0.1, 0.15) is 41.2 Å². The number of carbonyl (C=O) groups excluding carboxylic acids is 1. The van der Waals surface area contributed by atoms with Crippen molar-refractivity contribution in [2.45, 2.75) is 30.7 Å². The Morgan fingerprint density at radius 2 is 2.09 bits per heavy atom. The standard InChI is InChI=1S/C25H25ClFN5O2/c1-31(2)24(34)19-17(28)7-6-15(22(19)27)16-12-29-23-20(21(16)26)25(13-30-23)9-8-14(11-25)32-10-4-3-5-18(32)33/h3-7,10,12,14H,8-9,11,13,28H2,1-2H3,(H,29,30)/t14-,25+/m1/s1. The molecule has 0 radical (unpaired) electrons. The van der Waals surface area contributed by atoms with Gasteiger partial charge in [0.25, 0.3) is 11.5 Å². The van der Waals surface area contributed by atoms with Crippen LogP contribution in [0.4, 0.5) is 15.9 Å². The first-order chi connectivity index (χ1) is 16.2. The quantitative estimate of drug-likeness (QED) is 0.550. The molecule has 1 aliphatic heterocycles. The third kappa shape index (κ3) is 3.36. The van der Waals surface area contributed by atoms with Gasteiger partial charge in [-0.05, 0) is 37.5 Å². The Labute approximate surface area is 201 Å². The van der Waals surface area contributed by atoms with Gasteiger partial charge in [0.15, 0.2) is 0 Å². The average molecular weight is 482 g/mol. The van der Waals surface area contributed by atoms with E-state index in [1.165, 1.54) is 23.2 Å². The molecule has 5 rings (SSSR count). The van der Waals surface area contributed by atoms with Gasteiger partial charge in [0, 0.05) is 72.9 Å². The summed E-state index contributed by atoms with van der Waals surface area (Å²) in [6.07, 6.45) is 5.70. The van der Waals surface area contributed by atoms with Crippen LogP contribution in [0.15, 0.2) is 47.5 Å². The van der Waals surface area contributed by atoms with Crippen molar-refractivity contribution in [3.05, 3.63) is 75.0 Å². The van der Waals surface area contributed by atoms with Crippen LogP contribution in [0.5, 0.6) is 0 Å². The molecule has 1 fully saturated rings. The van der Waals surface area contributed by atoms with Gasteiger partial charge >= 0.3 is 0 Å². The van der Waals surface area contributed by atoms with Crippen LogP contribution in [0, 0.1) is 5.82 Å². The van der Waals surface area contributed by atoms with Gasteiger partial charge in [0.1, 0.15) is 11.6 Å². The van der Waals surface area contributed by atoms with Gasteiger partial charge in [0.2, 0.25) is 0 Å². The summed E-state index contributed by atoms with van der Waals surface area (Å²) in [5.74, 6) is -0.565. The van der Waals surface area contributed by atoms with E-state index in [1.807, 2.05) is 12.3 Å². The minimum absolute atomic E-state index is 0.0317. The number of benzene rings is 1. The second kappa shape index (κ2) is 8.13. The highest BCUT2D eigenvalue weighted by molar-refractivity contribution is 6.34. The predicted molar refractivity (Wildman–Crippen MR) is 131 cm³/mol. The van der Waals surface area contributed by atoms with Crippen LogP contribution >= 0.6 is 11.6 Å². The molecule has 1 amide bonds. The molecular weight excluding hydrogens is 457 g/mol. The summed E-state index contributed by atoms with van der Waals surface area (Å²) in [6, 6.07) is 8.24. The molecule has 3 heterocycles. The van der Waals surface area contributed by atoms with E-state index in [2.05, 4.69) is 10.3 Å². The van der Waals surface area contributed by atoms with Crippen molar-refractivity contribution in [1.29, 1.82) is 0 Å². The van der Waals surface area contributed by atoms with Crippen molar-refractivity contribution in [2.75, 3.05) is 31.7 Å². The van der Waals surface area contributed by atoms with E-state index in [0.717, 1.165) is 24.8 Å². The summed E-state index contributed by atoms with van der Waals surface area (Å²) >= 11 is 6.95. The van der Waals surface area contributed by atoms with Crippen LogP contribution in [0.2, 0.25) is 5.02 Å². The molecule has 1 spiro atoms. The zero-order chi connectivity index (χ0) is 24.2. The van der Waals surface area contributed by atoms with Gasteiger partial charge < -0.3 is 20.5 Å². The highest BCUT2D eigenvalue weighted by atomic mass is 35.5. The molecule has 0 saturated heterocycles. The highest BCUT2D eigenvalue weighted by Gasteiger charge is 2.48. The third-order valence-electron chi connectivity index (χ3n) is 7.05. The summed E-state index contributed by atoms with van der Waals surface area (Å²) in [5, 5.41) is 3.76. The molecule has 2 atom stereocenters. The number of hydrogen-bond acceptors (Lipinski definition) is 5. The maximum Gasteiger partial charge on any atom is 0.258 e. The fraction of sp³-hybridized carbons (Fsp3) is 0.320. The van der Waals surface area contributed by atoms with Crippen LogP contribution < -0.4 is 16.6 Å². The molecule has 3 aromatic rings. The number of rotatable bonds is 3. The fourth-order valence-corrected chi connectivity index (χ4v) is 5.78. The van der Waals surface area contributed by atoms with Crippen LogP contribution in [0.3, 0.4) is 0 Å². The molecule has 7 nitrogen and oxygen atoms in total. The van der Waals surface area contributed by atoms with Gasteiger partial charge in [0.05, 0.1) is 10.6 Å². The Morgan fingerprint density at radius 3 is 2.82 bits per heavy atom. The van der Waals surface area contributed by atoms with E-state index in [0.29, 0.717) is 22.9 Å². The van der Waals surface area contributed by atoms with E-state index in [-0.39, 0.29) is 33.8 Å². The number of nitrogens with two attached hydrogens (primary N) is 1. The van der Waals surface area contributed by atoms with Gasteiger partial charge in [-0.1, -0.05) is 17.7 Å². The predicted octanol–water partition coefficient (Wildman–Crippen LogP) is 4.08. The number of nitrogens with zero attached hydrogens (tertiary/aromatic N) is 3. The molecule has 176 valence electrons. The monoisotopic (exact) mass is 481 g/mol. The molecule has 2 aliphatic rings. The molecule has 2 aromatic heterocycles. The van der Waals surface area contributed by atoms with Crippen molar-refractivity contribution in [2.24, 2.45) is 0 Å². The second-order valence-corrected chi connectivity index (χ2v) is 9.65. The van der Waals surface area contributed by atoms with Gasteiger partial charge in [-0.2, -0.15) is 0 Å². The maximum atomic E-state index is 15.6. The number of pyridine rings is 2. The fourth-order valence-electron chi connectivity index (χ4n) is 5.34. The SMILES string of the molecule is CN(C)C(=O)c1c(N)ccc(-c2cnc3c(c2Cl)[C@]2(CC[C@@H](n4ccccc4=O)C2)CN3)c1F. The van der Waals surface area contributed by atoms with E-state index in [9.17, 15) is 9.59 Å². The minimum Gasteiger partial charge on any atom is -0.398 e. The number of halogens is 2. The summed E-state index contributed by atoms with van der Waals surface area (Å²) in [4.78, 5) is 30.8. The van der Waals surface area contributed by atoms with Gasteiger partial charge in [-0.15, -0.1) is 0 Å². The zero-order valence-electron chi connectivity index (χ0n) is 18.9. The van der Waals surface area contributed by atoms with Crippen LogP contribution in [0.25, 0.3) is 11.1 Å². The van der Waals surface area contributed by atoms with Crippen LogP contribution in [-0.4, -0.2) is 41.0 Å². The molecule has 0 bridgehead atoms. The smallest absolute Gasteiger partial charge is 0.258 e. The Kier molecular flexibility index (Phi) is 5.36. The number of amides is 1. The summed E-state index contributed by atoms with van der Waals surface area (Å²) in [6.45, 7) is 0.644. The Hall–Kier alpha value is -3.39. The minimum atomic E-state index is -0.720. The second-order valence-electron chi connectivity index (χ2n) is 9.28. The van der Waals surface area contributed by atoms with Gasteiger partial charge in [-0.25, -0.2) is 9.37 Å². The summed E-state index contributed by atoms with van der Waals surface area (Å²) in [5.41, 5.74) is 6.90. The summed E-state index contributed by atoms with van der Waals surface area (Å²) in [7, 11) is 3.09. The molecule has 1 aromatic carbocycles. The molecule has 0 unspecified atom stereocenters. The Bertz CT molecular complexity index is 1370. The van der Waals surface area contributed by atoms with E-state index >= 15 is 4.39 Å². The van der Waals surface area contributed by atoms with Crippen molar-refractivity contribution in [3.63, 3.8) is 0 Å². The number of nitrogens with one attached hydrogen (secondary N) is 1. The Morgan fingerprint density at radius 1 is 1.29 bits per heavy atom. The lowest BCUT2D eigenvalue weighted by Crippen LogP contribution is -2.28. The lowest BCUT2D eigenvalue weighted by atomic mass is 9.80. The normalized spacial score (nSPS) is 20.9. The van der Waals surface area contributed by atoms with E-state index in [1.54, 1.807) is 30.8 Å². The number of carbonyl (C=O) groups is 1. The molecule has 3 N–H and O–H groups in total. The van der Waals surface area contributed by atoms with Crippen molar-refractivity contribution in [3.8, 4) is 11.1 Å². The summed E-state index contributed by atoms with van der Waals surface area (Å²) < 4.78 is 17.4. The first-order valence-corrected chi connectivity index (χ1v) is 11.5. The topological polar surface area (TPSA) is 93.2 Å². The lowest BCUT2D eigenvalue weighted by Gasteiger charge is -2.25. The van der Waals surface area contributed by atoms with Crippen LogP contribution in [-0.2, 0) is 5.41 Å². The first kappa shape index (κ1) is 22.4. The molecular formula is C25H25ClFN5O2. The maximum absolute atomic E-state index is 15.6. The first-order valence-electron chi connectivity index (χ1n) is 11.1. The van der Waals surface area contributed by atoms with Crippen molar-refractivity contribution < 1.29 is 9.18 Å². The number of fused-ring (bicyclic) bond motifs is 2. The van der Waals surface area contributed by atoms with Crippen molar-refractivity contribution >= 4 is 29.0 Å². The van der Waals surface area contributed by atoms with E-state index in [4.69, 9.17) is 17.3 Å². The molecule has 1 aliphatic carbocycles. The largest absolute Gasteiger partial charge is 0.398 e. The zero-order valence-corrected chi connectivity index (χ0v) is 19.7. The number of aromatic nitrogens is 2. The average Bonchev–Trinajstić information content (AvgIpc) is 3.39. The molecule has 9 heteroatoms. The van der Waals surface area contributed by atoms with E-state index < -0.39 is 11.7 Å². The Balaban J connectivity index is 1.59. The van der Waals surface area contributed by atoms with Crippen molar-refractivity contribution in [1.82, 2.24) is 14.5 Å². The lowest BCUT2D eigenvalue weighted by molar-refractivity contribution is 0.0824. The third-order valence-corrected chi connectivity index (χ3v) is 7.44. The number of anilines is 2. The molecule has 1 saturated carbocycles.